The van der Waals surface area contributed by atoms with E-state index in [0.717, 1.165) is 53.2 Å². The molecule has 0 aliphatic heterocycles. The van der Waals surface area contributed by atoms with Gasteiger partial charge in [-0.1, -0.05) is 42.5 Å². The topological polar surface area (TPSA) is 69.9 Å². The maximum absolute atomic E-state index is 12.9. The molecule has 0 bridgehead atoms. The molecule has 3 aromatic carbocycles. The highest BCUT2D eigenvalue weighted by molar-refractivity contribution is 5.99. The fourth-order valence-electron chi connectivity index (χ4n) is 4.14. The molecule has 0 unspecified atom stereocenters. The molecule has 2 heterocycles. The summed E-state index contributed by atoms with van der Waals surface area (Å²) in [4.78, 5) is 26.9. The molecule has 0 saturated carbocycles. The van der Waals surface area contributed by atoms with Crippen molar-refractivity contribution in [3.63, 3.8) is 0 Å². The molecule has 0 atom stereocenters. The van der Waals surface area contributed by atoms with Crippen LogP contribution in [0.3, 0.4) is 0 Å². The zero-order chi connectivity index (χ0) is 24.0. The van der Waals surface area contributed by atoms with Gasteiger partial charge in [-0.2, -0.15) is 0 Å². The molecule has 2 aromatic heterocycles. The summed E-state index contributed by atoms with van der Waals surface area (Å²) >= 11 is 0. The summed E-state index contributed by atoms with van der Waals surface area (Å²) < 4.78 is 7.46. The first-order chi connectivity index (χ1) is 17.2. The first-order valence-electron chi connectivity index (χ1n) is 11.7. The van der Waals surface area contributed by atoms with Gasteiger partial charge < -0.3 is 9.30 Å². The zero-order valence-corrected chi connectivity index (χ0v) is 19.6. The zero-order valence-electron chi connectivity index (χ0n) is 19.6. The highest BCUT2D eigenvalue weighted by Gasteiger charge is 2.15. The number of carbonyl (C=O) groups is 1. The maximum Gasteiger partial charge on any atom is 0.162 e. The predicted octanol–water partition coefficient (Wildman–Crippen LogP) is 6.22. The van der Waals surface area contributed by atoms with E-state index in [-0.39, 0.29) is 5.78 Å². The summed E-state index contributed by atoms with van der Waals surface area (Å²) in [6.45, 7) is 0.864. The lowest BCUT2D eigenvalue weighted by Gasteiger charge is -2.12. The number of hydrogen-bond acceptors (Lipinski definition) is 5. The third kappa shape index (κ3) is 5.11. The molecule has 174 valence electrons. The van der Waals surface area contributed by atoms with Crippen molar-refractivity contribution < 1.29 is 9.53 Å². The van der Waals surface area contributed by atoms with E-state index in [9.17, 15) is 4.79 Å². The summed E-state index contributed by atoms with van der Waals surface area (Å²) in [5, 5.41) is 0. The van der Waals surface area contributed by atoms with Crippen LogP contribution in [0.25, 0.3) is 33.5 Å². The minimum Gasteiger partial charge on any atom is -0.497 e. The number of ketones is 1. The number of nitrogens with zero attached hydrogens (tertiary/aromatic N) is 4. The summed E-state index contributed by atoms with van der Waals surface area (Å²) in [6, 6.07) is 23.4. The maximum atomic E-state index is 12.9. The largest absolute Gasteiger partial charge is 0.497 e. The summed E-state index contributed by atoms with van der Waals surface area (Å²) in [7, 11) is 1.65. The Morgan fingerprint density at radius 3 is 2.46 bits per heavy atom. The number of ether oxygens (including phenoxy) is 1. The van der Waals surface area contributed by atoms with Crippen LogP contribution in [0.5, 0.6) is 5.75 Å². The first kappa shape index (κ1) is 22.5. The van der Waals surface area contributed by atoms with Crippen LogP contribution < -0.4 is 4.74 Å². The molecule has 0 radical (unpaired) electrons. The molecular formula is C29H26N4O2. The number of aryl methyl sites for hydroxylation is 1. The summed E-state index contributed by atoms with van der Waals surface area (Å²) in [5.41, 5.74) is 5.57. The molecule has 35 heavy (non-hydrogen) atoms. The number of methoxy groups -OCH3 is 1. The van der Waals surface area contributed by atoms with Crippen LogP contribution >= 0.6 is 0 Å². The van der Waals surface area contributed by atoms with Gasteiger partial charge in [-0.15, -0.1) is 0 Å². The Bertz CT molecular complexity index is 1450. The predicted molar refractivity (Wildman–Crippen MR) is 137 cm³/mol. The Kier molecular flexibility index (Phi) is 6.61. The van der Waals surface area contributed by atoms with Crippen LogP contribution in [0.1, 0.15) is 29.6 Å². The quantitative estimate of drug-likeness (QED) is 0.192. The number of carbonyl (C=O) groups excluding carboxylic acids is 1. The number of unbranched alkanes of at least 4 members (excludes halogenated alkanes) is 1. The SMILES string of the molecule is COc1cccc(-c2nc3cc(C(=O)CCCCn4ccnc4)ccc3nc2-c2ccccc2)c1. The summed E-state index contributed by atoms with van der Waals surface area (Å²) in [5.74, 6) is 0.873. The number of imidazole rings is 1. The number of Topliss-reactive ketones (excluding diaryl/α,β-unsaturated/α-hetero) is 1. The van der Waals surface area contributed by atoms with Crippen molar-refractivity contribution in [3.8, 4) is 28.3 Å². The van der Waals surface area contributed by atoms with Gasteiger partial charge in [0.05, 0.1) is 35.9 Å². The van der Waals surface area contributed by atoms with Crippen molar-refractivity contribution in [2.75, 3.05) is 7.11 Å². The van der Waals surface area contributed by atoms with Gasteiger partial charge in [-0.05, 0) is 43.2 Å². The molecule has 5 aromatic rings. The molecule has 0 saturated heterocycles. The lowest BCUT2D eigenvalue weighted by atomic mass is 10.0. The highest BCUT2D eigenvalue weighted by atomic mass is 16.5. The number of benzene rings is 3. The van der Waals surface area contributed by atoms with Gasteiger partial charge in [0.1, 0.15) is 5.75 Å². The van der Waals surface area contributed by atoms with Crippen LogP contribution in [-0.2, 0) is 6.54 Å². The average Bonchev–Trinajstić information content (AvgIpc) is 3.44. The van der Waals surface area contributed by atoms with Crippen LogP contribution in [0, 0.1) is 0 Å². The van der Waals surface area contributed by atoms with Gasteiger partial charge in [0.15, 0.2) is 5.78 Å². The average molecular weight is 463 g/mol. The van der Waals surface area contributed by atoms with E-state index < -0.39 is 0 Å². The van der Waals surface area contributed by atoms with Gasteiger partial charge in [0, 0.05) is 42.0 Å². The summed E-state index contributed by atoms with van der Waals surface area (Å²) in [6.07, 6.45) is 7.75. The monoisotopic (exact) mass is 462 g/mol. The van der Waals surface area contributed by atoms with Gasteiger partial charge in [-0.25, -0.2) is 15.0 Å². The highest BCUT2D eigenvalue weighted by Crippen LogP contribution is 2.32. The molecule has 6 nitrogen and oxygen atoms in total. The van der Waals surface area contributed by atoms with Crippen molar-refractivity contribution in [1.29, 1.82) is 0 Å². The van der Waals surface area contributed by atoms with Crippen molar-refractivity contribution in [2.45, 2.75) is 25.8 Å². The number of hydrogen-bond donors (Lipinski definition) is 0. The molecule has 0 aliphatic carbocycles. The Hall–Kier alpha value is -4.32. The fraction of sp³-hybridized carbons (Fsp3) is 0.172. The lowest BCUT2D eigenvalue weighted by molar-refractivity contribution is 0.0979. The molecule has 0 amide bonds. The third-order valence-corrected chi connectivity index (χ3v) is 6.01. The lowest BCUT2D eigenvalue weighted by Crippen LogP contribution is -2.02. The Morgan fingerprint density at radius 2 is 1.66 bits per heavy atom. The molecule has 6 heteroatoms. The van der Waals surface area contributed by atoms with Crippen LogP contribution in [0.4, 0.5) is 0 Å². The molecule has 5 rings (SSSR count). The standard InChI is InChI=1S/C29H26N4O2/c1-35-24-11-7-10-23(18-24)29-28(21-8-3-2-4-9-21)31-25-14-13-22(19-26(25)32-29)27(34)12-5-6-16-33-17-15-30-20-33/h2-4,7-11,13-15,17-20H,5-6,12,16H2,1H3. The minimum atomic E-state index is 0.120. The van der Waals surface area contributed by atoms with Crippen molar-refractivity contribution in [3.05, 3.63) is 97.1 Å². The Balaban J connectivity index is 1.46. The van der Waals surface area contributed by atoms with E-state index in [0.29, 0.717) is 17.5 Å². The Morgan fingerprint density at radius 1 is 0.857 bits per heavy atom. The number of fused-ring (bicyclic) bond motifs is 1. The molecule has 0 N–H and O–H groups in total. The van der Waals surface area contributed by atoms with Crippen LogP contribution in [0.15, 0.2) is 91.5 Å². The van der Waals surface area contributed by atoms with Gasteiger partial charge >= 0.3 is 0 Å². The van der Waals surface area contributed by atoms with Crippen LogP contribution in [-0.4, -0.2) is 32.4 Å². The number of rotatable bonds is 9. The molecule has 0 spiro atoms. The van der Waals surface area contributed by atoms with E-state index in [1.807, 2.05) is 83.6 Å². The second-order valence-corrected chi connectivity index (χ2v) is 8.40. The molecule has 0 aliphatic rings. The Labute approximate surface area is 204 Å². The second-order valence-electron chi connectivity index (χ2n) is 8.40. The van der Waals surface area contributed by atoms with Crippen molar-refractivity contribution in [1.82, 2.24) is 19.5 Å². The first-order valence-corrected chi connectivity index (χ1v) is 11.7. The van der Waals surface area contributed by atoms with Crippen molar-refractivity contribution in [2.24, 2.45) is 0 Å². The van der Waals surface area contributed by atoms with Gasteiger partial charge in [0.2, 0.25) is 0 Å². The normalized spacial score (nSPS) is 11.0. The third-order valence-electron chi connectivity index (χ3n) is 6.01. The van der Waals surface area contributed by atoms with E-state index in [2.05, 4.69) is 4.98 Å². The van der Waals surface area contributed by atoms with E-state index >= 15 is 0 Å². The fourth-order valence-corrected chi connectivity index (χ4v) is 4.14. The molecular weight excluding hydrogens is 436 g/mol. The molecule has 0 fully saturated rings. The second kappa shape index (κ2) is 10.3. The van der Waals surface area contributed by atoms with E-state index in [1.54, 1.807) is 19.6 Å². The van der Waals surface area contributed by atoms with E-state index in [4.69, 9.17) is 14.7 Å². The van der Waals surface area contributed by atoms with Gasteiger partial charge in [-0.3, -0.25) is 4.79 Å². The number of aromatic nitrogens is 4. The van der Waals surface area contributed by atoms with Crippen LogP contribution in [0.2, 0.25) is 0 Å². The smallest absolute Gasteiger partial charge is 0.162 e. The van der Waals surface area contributed by atoms with E-state index in [1.165, 1.54) is 0 Å². The van der Waals surface area contributed by atoms with Crippen molar-refractivity contribution >= 4 is 16.8 Å². The minimum absolute atomic E-state index is 0.120. The van der Waals surface area contributed by atoms with Gasteiger partial charge in [0.25, 0.3) is 0 Å².